The Kier molecular flexibility index (Phi) is 9.59. The Morgan fingerprint density at radius 1 is 0.887 bits per heavy atom. The van der Waals surface area contributed by atoms with Crippen LogP contribution in [0.1, 0.15) is 37.3 Å². The van der Waals surface area contributed by atoms with E-state index in [1.54, 1.807) is 25.1 Å². The summed E-state index contributed by atoms with van der Waals surface area (Å²) in [6.07, 6.45) is 9.49. The number of pyridine rings is 1. The number of nitrogens with zero attached hydrogens (tertiary/aromatic N) is 8. The molecule has 2 saturated heterocycles. The van der Waals surface area contributed by atoms with Crippen molar-refractivity contribution in [2.45, 2.75) is 37.6 Å². The van der Waals surface area contributed by atoms with Crippen molar-refractivity contribution in [1.29, 1.82) is 0 Å². The van der Waals surface area contributed by atoms with Gasteiger partial charge in [-0.05, 0) is 70.3 Å². The molecule has 3 aliphatic rings. The molecule has 0 unspecified atom stereocenters. The van der Waals surface area contributed by atoms with Crippen molar-refractivity contribution in [3.8, 4) is 16.9 Å². The van der Waals surface area contributed by atoms with E-state index in [1.165, 1.54) is 0 Å². The molecule has 0 spiro atoms. The van der Waals surface area contributed by atoms with Crippen LogP contribution in [0.3, 0.4) is 0 Å². The maximum absolute atomic E-state index is 15.4. The monoisotopic (exact) mass is 738 g/mol. The third-order valence-corrected chi connectivity index (χ3v) is 12.4. The van der Waals surface area contributed by atoms with Crippen molar-refractivity contribution < 1.29 is 13.7 Å². The van der Waals surface area contributed by atoms with Gasteiger partial charge < -0.3 is 29.7 Å². The van der Waals surface area contributed by atoms with E-state index in [4.69, 9.17) is 9.72 Å². The standard InChI is InChI=1S/C39H48FN10O2P/c1-47-16-18-49(19-17-47)27-12-14-50(15-13-27)35-21-36(52-3)34(20-29(35)26-22-42-48(2)24-26)45-39-41-23-30(40)38(46-39)44-33-11-10-32-28(37(33)53(4,5)51)8-9-31(43-32)25-6-7-25/h8-11,20-25,27H,6-7,12-19H2,1-5H3,(H2,41,44,45,46). The molecule has 278 valence electrons. The zero-order chi connectivity index (χ0) is 36.9. The Hall–Kier alpha value is -4.58. The number of halogens is 1. The van der Waals surface area contributed by atoms with Gasteiger partial charge in [-0.1, -0.05) is 6.07 Å². The van der Waals surface area contributed by atoms with E-state index in [9.17, 15) is 4.57 Å². The number of anilines is 5. The van der Waals surface area contributed by atoms with Gasteiger partial charge in [-0.3, -0.25) is 14.6 Å². The summed E-state index contributed by atoms with van der Waals surface area (Å²) in [6.45, 7) is 9.80. The number of likely N-dealkylation sites (N-methyl/N-ethyl adjacent to an activating group) is 1. The summed E-state index contributed by atoms with van der Waals surface area (Å²) in [5.41, 5.74) is 6.05. The van der Waals surface area contributed by atoms with E-state index >= 15 is 4.39 Å². The van der Waals surface area contributed by atoms with Crippen molar-refractivity contribution in [2.75, 3.05) is 82.3 Å². The van der Waals surface area contributed by atoms with E-state index in [0.29, 0.717) is 34.4 Å². The van der Waals surface area contributed by atoms with Crippen LogP contribution in [0.2, 0.25) is 0 Å². The van der Waals surface area contributed by atoms with E-state index in [-0.39, 0.29) is 11.8 Å². The molecule has 14 heteroatoms. The van der Waals surface area contributed by atoms with Gasteiger partial charge >= 0.3 is 0 Å². The van der Waals surface area contributed by atoms with E-state index in [2.05, 4.69) is 53.5 Å². The molecule has 8 rings (SSSR count). The summed E-state index contributed by atoms with van der Waals surface area (Å²) in [6, 6.07) is 12.4. The molecular formula is C39H48FN10O2P. The number of methoxy groups -OCH3 is 1. The van der Waals surface area contributed by atoms with Crippen molar-refractivity contribution in [2.24, 2.45) is 7.05 Å². The summed E-state index contributed by atoms with van der Waals surface area (Å²) < 4.78 is 36.8. The molecule has 2 aliphatic heterocycles. The highest BCUT2D eigenvalue weighted by Crippen LogP contribution is 2.44. The highest BCUT2D eigenvalue weighted by atomic mass is 31.2. The van der Waals surface area contributed by atoms with Gasteiger partial charge in [0.1, 0.15) is 12.9 Å². The highest BCUT2D eigenvalue weighted by Gasteiger charge is 2.30. The average molecular weight is 739 g/mol. The van der Waals surface area contributed by atoms with Gasteiger partial charge in [0.15, 0.2) is 11.6 Å². The Balaban J connectivity index is 1.08. The minimum absolute atomic E-state index is 0.0367. The smallest absolute Gasteiger partial charge is 0.229 e. The Morgan fingerprint density at radius 3 is 2.34 bits per heavy atom. The molecule has 2 N–H and O–H groups in total. The van der Waals surface area contributed by atoms with Gasteiger partial charge in [0.2, 0.25) is 5.95 Å². The first-order valence-corrected chi connectivity index (χ1v) is 21.1. The van der Waals surface area contributed by atoms with Crippen molar-refractivity contribution in [3.63, 3.8) is 0 Å². The lowest BCUT2D eigenvalue weighted by atomic mass is 9.98. The topological polar surface area (TPSA) is 117 Å². The van der Waals surface area contributed by atoms with Crippen LogP contribution in [-0.4, -0.2) is 107 Å². The van der Waals surface area contributed by atoms with Crippen LogP contribution >= 0.6 is 7.14 Å². The number of nitrogens with one attached hydrogen (secondary N) is 2. The molecule has 5 aromatic rings. The fourth-order valence-corrected chi connectivity index (χ4v) is 9.28. The summed E-state index contributed by atoms with van der Waals surface area (Å²) >= 11 is 0. The normalized spacial score (nSPS) is 17.7. The first-order valence-electron chi connectivity index (χ1n) is 18.5. The number of piperazine rings is 1. The molecule has 1 saturated carbocycles. The largest absolute Gasteiger partial charge is 0.494 e. The number of piperidine rings is 1. The van der Waals surface area contributed by atoms with Gasteiger partial charge in [0.05, 0.1) is 36.4 Å². The number of aromatic nitrogens is 5. The van der Waals surface area contributed by atoms with E-state index < -0.39 is 13.0 Å². The van der Waals surface area contributed by atoms with Crippen LogP contribution < -0.4 is 25.6 Å². The number of rotatable bonds is 10. The van der Waals surface area contributed by atoms with Gasteiger partial charge in [-0.2, -0.15) is 10.1 Å². The summed E-state index contributed by atoms with van der Waals surface area (Å²) in [4.78, 5) is 21.2. The lowest BCUT2D eigenvalue weighted by Crippen LogP contribution is -2.52. The predicted molar refractivity (Wildman–Crippen MR) is 211 cm³/mol. The maximum Gasteiger partial charge on any atom is 0.229 e. The second kappa shape index (κ2) is 14.3. The molecule has 3 aromatic heterocycles. The quantitative estimate of drug-likeness (QED) is 0.155. The van der Waals surface area contributed by atoms with Crippen LogP contribution in [0, 0.1) is 5.82 Å². The molecule has 0 atom stereocenters. The lowest BCUT2D eigenvalue weighted by Gasteiger charge is -2.43. The van der Waals surface area contributed by atoms with Crippen LogP contribution in [0.4, 0.5) is 33.2 Å². The Bertz CT molecular complexity index is 2180. The van der Waals surface area contributed by atoms with Crippen molar-refractivity contribution >= 4 is 52.2 Å². The Morgan fingerprint density at radius 2 is 1.66 bits per heavy atom. The number of aryl methyl sites for hydroxylation is 1. The van der Waals surface area contributed by atoms with E-state index in [0.717, 1.165) is 105 Å². The molecule has 0 amide bonds. The zero-order valence-corrected chi connectivity index (χ0v) is 32.0. The number of hydrogen-bond donors (Lipinski definition) is 2. The highest BCUT2D eigenvalue weighted by molar-refractivity contribution is 7.71. The van der Waals surface area contributed by atoms with E-state index in [1.807, 2.05) is 49.8 Å². The van der Waals surface area contributed by atoms with Crippen LogP contribution in [0.5, 0.6) is 5.75 Å². The molecule has 5 heterocycles. The van der Waals surface area contributed by atoms with Crippen LogP contribution in [-0.2, 0) is 11.6 Å². The third-order valence-electron chi connectivity index (χ3n) is 10.8. The SMILES string of the molecule is COc1cc(N2CCC(N3CCN(C)CC3)CC2)c(-c2cnn(C)c2)cc1Nc1ncc(F)c(Nc2ccc3nc(C4CC4)ccc3c2P(C)(C)=O)n1. The molecule has 3 fully saturated rings. The number of hydrogen-bond acceptors (Lipinski definition) is 11. The van der Waals surface area contributed by atoms with Crippen LogP contribution in [0.15, 0.2) is 55.0 Å². The second-order valence-corrected chi connectivity index (χ2v) is 18.2. The lowest BCUT2D eigenvalue weighted by molar-refractivity contribution is 0.0982. The fourth-order valence-electron chi connectivity index (χ4n) is 7.80. The number of ether oxygens (including phenoxy) is 1. The van der Waals surface area contributed by atoms with Crippen LogP contribution in [0.25, 0.3) is 22.0 Å². The third kappa shape index (κ3) is 7.47. The van der Waals surface area contributed by atoms with Gasteiger partial charge in [-0.15, -0.1) is 0 Å². The summed E-state index contributed by atoms with van der Waals surface area (Å²) in [5, 5.41) is 12.3. The van der Waals surface area contributed by atoms with Crippen molar-refractivity contribution in [1.82, 2.24) is 34.5 Å². The van der Waals surface area contributed by atoms with Crippen molar-refractivity contribution in [3.05, 3.63) is 66.5 Å². The molecular weight excluding hydrogens is 690 g/mol. The minimum atomic E-state index is -2.83. The van der Waals surface area contributed by atoms with Gasteiger partial charge in [0.25, 0.3) is 0 Å². The first-order chi connectivity index (χ1) is 25.5. The number of fused-ring (bicyclic) bond motifs is 1. The zero-order valence-electron chi connectivity index (χ0n) is 31.1. The van der Waals surface area contributed by atoms with Gasteiger partial charge in [-0.25, -0.2) is 9.37 Å². The maximum atomic E-state index is 15.4. The molecule has 0 radical (unpaired) electrons. The molecule has 12 nitrogen and oxygen atoms in total. The fraction of sp³-hybridized carbons (Fsp3) is 0.436. The molecule has 1 aliphatic carbocycles. The average Bonchev–Trinajstić information content (AvgIpc) is 3.92. The predicted octanol–water partition coefficient (Wildman–Crippen LogP) is 6.40. The molecule has 0 bridgehead atoms. The summed E-state index contributed by atoms with van der Waals surface area (Å²) in [7, 11) is 2.92. The number of benzene rings is 2. The van der Waals surface area contributed by atoms with Gasteiger partial charge in [0, 0.05) is 104 Å². The first kappa shape index (κ1) is 35.4. The second-order valence-electron chi connectivity index (χ2n) is 15.1. The molecule has 53 heavy (non-hydrogen) atoms. The molecule has 2 aromatic carbocycles. The Labute approximate surface area is 310 Å². The minimum Gasteiger partial charge on any atom is -0.494 e. The summed E-state index contributed by atoms with van der Waals surface area (Å²) in [5.74, 6) is 0.620.